The average Bonchev–Trinajstić information content (AvgIpc) is 2.72. The van der Waals surface area contributed by atoms with Gasteiger partial charge in [0.25, 0.3) is 0 Å². The van der Waals surface area contributed by atoms with Crippen LogP contribution in [0.25, 0.3) is 0 Å². The second-order valence-electron chi connectivity index (χ2n) is 6.61. The van der Waals surface area contributed by atoms with Crippen LogP contribution < -0.4 is 4.74 Å². The molecule has 0 radical (unpaired) electrons. The zero-order chi connectivity index (χ0) is 20.3. The summed E-state index contributed by atoms with van der Waals surface area (Å²) in [5.41, 5.74) is 1.37. The van der Waals surface area contributed by atoms with Crippen LogP contribution in [0.15, 0.2) is 36.9 Å². The Hall–Kier alpha value is -1.85. The Bertz CT molecular complexity index is 512. The number of esters is 1. The Labute approximate surface area is 170 Å². The normalized spacial score (nSPS) is 10.6. The SMILES string of the molecule is C=CC(=O)OCCOCCOCCOc1ccc(CCCCCCCC)cc1. The molecule has 0 atom stereocenters. The summed E-state index contributed by atoms with van der Waals surface area (Å²) in [5, 5.41) is 0. The smallest absolute Gasteiger partial charge is 0.330 e. The van der Waals surface area contributed by atoms with Crippen LogP contribution in [0.1, 0.15) is 51.0 Å². The standard InChI is InChI=1S/C23H36O5/c1-3-5-6-7-8-9-10-21-11-13-22(14-12-21)27-19-17-25-15-16-26-18-20-28-23(24)4-2/h4,11-14H,2-3,5-10,15-20H2,1H3. The molecule has 0 aliphatic rings. The van der Waals surface area contributed by atoms with Gasteiger partial charge in [0.15, 0.2) is 0 Å². The molecule has 0 aliphatic heterocycles. The Morgan fingerprint density at radius 1 is 0.857 bits per heavy atom. The summed E-state index contributed by atoms with van der Waals surface area (Å²) in [7, 11) is 0. The fourth-order valence-corrected chi connectivity index (χ4v) is 2.66. The third kappa shape index (κ3) is 13.3. The fourth-order valence-electron chi connectivity index (χ4n) is 2.66. The first-order valence-electron chi connectivity index (χ1n) is 10.4. The number of carbonyl (C=O) groups is 1. The highest BCUT2D eigenvalue weighted by Crippen LogP contribution is 2.15. The van der Waals surface area contributed by atoms with Crippen LogP contribution >= 0.6 is 0 Å². The molecule has 0 bridgehead atoms. The number of hydrogen-bond donors (Lipinski definition) is 0. The van der Waals surface area contributed by atoms with E-state index in [1.54, 1.807) is 0 Å². The van der Waals surface area contributed by atoms with Crippen molar-refractivity contribution in [3.8, 4) is 5.75 Å². The highest BCUT2D eigenvalue weighted by molar-refractivity contribution is 5.81. The molecule has 0 saturated carbocycles. The molecule has 0 heterocycles. The lowest BCUT2D eigenvalue weighted by Crippen LogP contribution is -2.13. The molecule has 1 aromatic carbocycles. The molecule has 0 aromatic heterocycles. The maximum absolute atomic E-state index is 10.8. The van der Waals surface area contributed by atoms with Gasteiger partial charge < -0.3 is 18.9 Å². The second kappa shape index (κ2) is 17.3. The summed E-state index contributed by atoms with van der Waals surface area (Å²) >= 11 is 0. The van der Waals surface area contributed by atoms with Crippen molar-refractivity contribution < 1.29 is 23.7 Å². The van der Waals surface area contributed by atoms with Crippen molar-refractivity contribution in [2.24, 2.45) is 0 Å². The first kappa shape index (κ1) is 24.2. The van der Waals surface area contributed by atoms with E-state index in [-0.39, 0.29) is 6.61 Å². The summed E-state index contributed by atoms with van der Waals surface area (Å²) < 4.78 is 21.2. The fraction of sp³-hybridized carbons (Fsp3) is 0.609. The van der Waals surface area contributed by atoms with Gasteiger partial charge in [-0.2, -0.15) is 0 Å². The Morgan fingerprint density at radius 2 is 1.46 bits per heavy atom. The molecule has 158 valence electrons. The Morgan fingerprint density at radius 3 is 2.14 bits per heavy atom. The number of aryl methyl sites for hydroxylation is 1. The zero-order valence-electron chi connectivity index (χ0n) is 17.3. The molecule has 5 nitrogen and oxygen atoms in total. The van der Waals surface area contributed by atoms with Crippen LogP contribution in [0, 0.1) is 0 Å². The van der Waals surface area contributed by atoms with Crippen molar-refractivity contribution in [3.05, 3.63) is 42.5 Å². The molecular weight excluding hydrogens is 356 g/mol. The van der Waals surface area contributed by atoms with Crippen LogP contribution in [0.4, 0.5) is 0 Å². The van der Waals surface area contributed by atoms with Gasteiger partial charge >= 0.3 is 5.97 Å². The van der Waals surface area contributed by atoms with Crippen molar-refractivity contribution in [2.45, 2.75) is 51.9 Å². The predicted octanol–water partition coefficient (Wildman–Crippen LogP) is 4.73. The number of hydrogen-bond acceptors (Lipinski definition) is 5. The largest absolute Gasteiger partial charge is 0.491 e. The van der Waals surface area contributed by atoms with E-state index in [1.807, 2.05) is 12.1 Å². The number of carbonyl (C=O) groups excluding carboxylic acids is 1. The van der Waals surface area contributed by atoms with Crippen LogP contribution in [0.5, 0.6) is 5.75 Å². The summed E-state index contributed by atoms with van der Waals surface area (Å²) in [6, 6.07) is 8.35. The maximum Gasteiger partial charge on any atom is 0.330 e. The van der Waals surface area contributed by atoms with Gasteiger partial charge in [-0.25, -0.2) is 4.79 Å². The predicted molar refractivity (Wildman–Crippen MR) is 112 cm³/mol. The highest BCUT2D eigenvalue weighted by atomic mass is 16.6. The third-order valence-corrected chi connectivity index (χ3v) is 4.25. The van der Waals surface area contributed by atoms with E-state index >= 15 is 0 Å². The minimum absolute atomic E-state index is 0.225. The number of unbranched alkanes of at least 4 members (excludes halogenated alkanes) is 5. The van der Waals surface area contributed by atoms with E-state index in [9.17, 15) is 4.79 Å². The van der Waals surface area contributed by atoms with Gasteiger partial charge in [0.05, 0.1) is 26.4 Å². The van der Waals surface area contributed by atoms with Crippen molar-refractivity contribution in [1.29, 1.82) is 0 Å². The average molecular weight is 393 g/mol. The summed E-state index contributed by atoms with van der Waals surface area (Å²) in [6.45, 7) is 8.10. The van der Waals surface area contributed by atoms with Crippen LogP contribution in [-0.2, 0) is 25.4 Å². The van der Waals surface area contributed by atoms with E-state index < -0.39 is 5.97 Å². The van der Waals surface area contributed by atoms with E-state index in [1.165, 1.54) is 44.1 Å². The lowest BCUT2D eigenvalue weighted by molar-refractivity contribution is -0.139. The van der Waals surface area contributed by atoms with Crippen LogP contribution in [-0.4, -0.2) is 45.6 Å². The van der Waals surface area contributed by atoms with Crippen LogP contribution in [0.2, 0.25) is 0 Å². The first-order valence-corrected chi connectivity index (χ1v) is 10.4. The van der Waals surface area contributed by atoms with Crippen molar-refractivity contribution in [3.63, 3.8) is 0 Å². The first-order chi connectivity index (χ1) is 13.8. The van der Waals surface area contributed by atoms with Crippen molar-refractivity contribution in [2.75, 3.05) is 39.6 Å². The van der Waals surface area contributed by atoms with E-state index in [0.29, 0.717) is 33.0 Å². The molecule has 0 fully saturated rings. The number of rotatable bonds is 18. The molecule has 0 amide bonds. The van der Waals surface area contributed by atoms with Crippen LogP contribution in [0.3, 0.4) is 0 Å². The monoisotopic (exact) mass is 392 g/mol. The highest BCUT2D eigenvalue weighted by Gasteiger charge is 1.98. The van der Waals surface area contributed by atoms with Crippen molar-refractivity contribution >= 4 is 5.97 Å². The molecule has 1 aromatic rings. The zero-order valence-corrected chi connectivity index (χ0v) is 17.3. The topological polar surface area (TPSA) is 54.0 Å². The van der Waals surface area contributed by atoms with Gasteiger partial charge in [-0.3, -0.25) is 0 Å². The quantitative estimate of drug-likeness (QED) is 0.205. The van der Waals surface area contributed by atoms with Gasteiger partial charge in [-0.15, -0.1) is 0 Å². The maximum atomic E-state index is 10.8. The summed E-state index contributed by atoms with van der Waals surface area (Å²) in [5.74, 6) is 0.433. The van der Waals surface area contributed by atoms with Gasteiger partial charge in [-0.1, -0.05) is 57.7 Å². The number of benzene rings is 1. The Kier molecular flexibility index (Phi) is 14.9. The van der Waals surface area contributed by atoms with E-state index in [4.69, 9.17) is 18.9 Å². The minimum Gasteiger partial charge on any atom is -0.491 e. The van der Waals surface area contributed by atoms with Gasteiger partial charge in [0.2, 0.25) is 0 Å². The summed E-state index contributed by atoms with van der Waals surface area (Å²) in [4.78, 5) is 10.8. The lowest BCUT2D eigenvalue weighted by Gasteiger charge is -2.09. The molecule has 0 N–H and O–H groups in total. The van der Waals surface area contributed by atoms with Gasteiger partial charge in [0, 0.05) is 6.08 Å². The molecule has 28 heavy (non-hydrogen) atoms. The molecule has 0 spiro atoms. The Balaban J connectivity index is 1.95. The second-order valence-corrected chi connectivity index (χ2v) is 6.61. The molecule has 1 rings (SSSR count). The molecule has 0 aliphatic carbocycles. The minimum atomic E-state index is -0.438. The summed E-state index contributed by atoms with van der Waals surface area (Å²) in [6.07, 6.45) is 10.2. The molecular formula is C23H36O5. The number of ether oxygens (including phenoxy) is 4. The third-order valence-electron chi connectivity index (χ3n) is 4.25. The molecule has 0 saturated heterocycles. The van der Waals surface area contributed by atoms with Crippen molar-refractivity contribution in [1.82, 2.24) is 0 Å². The van der Waals surface area contributed by atoms with E-state index in [2.05, 4.69) is 25.6 Å². The lowest BCUT2D eigenvalue weighted by atomic mass is 10.0. The van der Waals surface area contributed by atoms with E-state index in [0.717, 1.165) is 18.2 Å². The molecule has 0 unspecified atom stereocenters. The van der Waals surface area contributed by atoms with Gasteiger partial charge in [0.1, 0.15) is 19.0 Å². The van der Waals surface area contributed by atoms with Gasteiger partial charge in [-0.05, 0) is 30.5 Å². The molecule has 5 heteroatoms.